The Hall–Kier alpha value is -8.40. The fourth-order valence-corrected chi connectivity index (χ4v) is 11.6. The molecule has 1 aromatic heterocycles. The maximum atomic E-state index is 6.50. The summed E-state index contributed by atoms with van der Waals surface area (Å²) in [5.41, 5.74) is 20.5. The number of nitrogens with zero attached hydrogens (tertiary/aromatic N) is 2. The van der Waals surface area contributed by atoms with E-state index in [2.05, 4.69) is 260 Å². The molecule has 0 saturated heterocycles. The summed E-state index contributed by atoms with van der Waals surface area (Å²) in [6.07, 6.45) is 0. The van der Waals surface area contributed by atoms with Gasteiger partial charge in [0.05, 0.1) is 16.5 Å². The summed E-state index contributed by atoms with van der Waals surface area (Å²) in [4.78, 5) is 4.81. The first kappa shape index (κ1) is 39.0. The molecule has 0 saturated carbocycles. The van der Waals surface area contributed by atoms with Gasteiger partial charge in [0.15, 0.2) is 0 Å². The minimum Gasteiger partial charge on any atom is -0.456 e. The van der Waals surface area contributed by atoms with Gasteiger partial charge >= 0.3 is 0 Å². The minimum absolute atomic E-state index is 0.154. The second-order valence-corrected chi connectivity index (χ2v) is 18.4. The molecular weight excluding hydrogens is 813 g/mol. The summed E-state index contributed by atoms with van der Waals surface area (Å²) < 4.78 is 6.50. The highest BCUT2D eigenvalue weighted by atomic mass is 16.3. The Morgan fingerprint density at radius 1 is 0.328 bits per heavy atom. The molecule has 11 aromatic rings. The molecule has 3 nitrogen and oxygen atoms in total. The van der Waals surface area contributed by atoms with Crippen molar-refractivity contribution in [3.05, 3.63) is 276 Å². The highest BCUT2D eigenvalue weighted by Crippen LogP contribution is 2.57. The molecule has 0 radical (unpaired) electrons. The Morgan fingerprint density at radius 2 is 0.806 bits per heavy atom. The number of hydrogen-bond acceptors (Lipinski definition) is 3. The molecule has 0 fully saturated rings. The third kappa shape index (κ3) is 5.84. The smallest absolute Gasteiger partial charge is 0.137 e. The van der Waals surface area contributed by atoms with Crippen molar-refractivity contribution in [1.82, 2.24) is 0 Å². The van der Waals surface area contributed by atoms with Crippen molar-refractivity contribution in [1.29, 1.82) is 0 Å². The Labute approximate surface area is 391 Å². The lowest BCUT2D eigenvalue weighted by Crippen LogP contribution is -2.28. The Morgan fingerprint density at radius 3 is 1.52 bits per heavy atom. The van der Waals surface area contributed by atoms with E-state index in [1.807, 2.05) is 6.07 Å². The molecule has 13 rings (SSSR count). The molecule has 1 heterocycles. The molecule has 0 aliphatic heterocycles. The molecule has 2 aliphatic carbocycles. The van der Waals surface area contributed by atoms with E-state index in [0.717, 1.165) is 56.1 Å². The third-order valence-corrected chi connectivity index (χ3v) is 14.5. The molecule has 0 unspecified atom stereocenters. The van der Waals surface area contributed by atoms with E-state index >= 15 is 0 Å². The summed E-state index contributed by atoms with van der Waals surface area (Å²) in [7, 11) is 0. The van der Waals surface area contributed by atoms with Gasteiger partial charge in [-0.2, -0.15) is 0 Å². The highest BCUT2D eigenvalue weighted by molar-refractivity contribution is 6.13. The van der Waals surface area contributed by atoms with E-state index in [4.69, 9.17) is 4.42 Å². The summed E-state index contributed by atoms with van der Waals surface area (Å²) in [5.74, 6) is 0. The molecule has 318 valence electrons. The van der Waals surface area contributed by atoms with Crippen molar-refractivity contribution in [3.63, 3.8) is 0 Å². The quantitative estimate of drug-likeness (QED) is 0.152. The van der Waals surface area contributed by atoms with Crippen LogP contribution in [0.4, 0.5) is 34.1 Å². The van der Waals surface area contributed by atoms with Crippen molar-refractivity contribution in [3.8, 4) is 22.3 Å². The maximum Gasteiger partial charge on any atom is 0.137 e. The van der Waals surface area contributed by atoms with Gasteiger partial charge in [0.25, 0.3) is 0 Å². The summed E-state index contributed by atoms with van der Waals surface area (Å²) >= 11 is 0. The highest BCUT2D eigenvalue weighted by Gasteiger charge is 2.46. The summed E-state index contributed by atoms with van der Waals surface area (Å²) in [6.45, 7) is 4.70. The first-order valence-corrected chi connectivity index (χ1v) is 23.3. The van der Waals surface area contributed by atoms with Crippen LogP contribution in [0.25, 0.3) is 44.2 Å². The second-order valence-electron chi connectivity index (χ2n) is 18.4. The number of anilines is 6. The number of benzene rings is 10. The second kappa shape index (κ2) is 15.1. The van der Waals surface area contributed by atoms with Crippen LogP contribution < -0.4 is 9.80 Å². The molecule has 3 heteroatoms. The van der Waals surface area contributed by atoms with Gasteiger partial charge in [0.1, 0.15) is 11.2 Å². The van der Waals surface area contributed by atoms with Gasteiger partial charge in [-0.3, -0.25) is 0 Å². The molecule has 0 N–H and O–H groups in total. The molecule has 0 spiro atoms. The summed E-state index contributed by atoms with van der Waals surface area (Å²) in [5, 5.41) is 2.19. The number of fused-ring (bicyclic) bond motifs is 9. The van der Waals surface area contributed by atoms with Crippen LogP contribution in [0.5, 0.6) is 0 Å². The molecule has 0 atom stereocenters. The van der Waals surface area contributed by atoms with Gasteiger partial charge < -0.3 is 14.2 Å². The van der Waals surface area contributed by atoms with E-state index in [-0.39, 0.29) is 5.41 Å². The van der Waals surface area contributed by atoms with Crippen LogP contribution in [0.3, 0.4) is 0 Å². The third-order valence-electron chi connectivity index (χ3n) is 14.5. The van der Waals surface area contributed by atoms with Crippen LogP contribution in [-0.4, -0.2) is 0 Å². The minimum atomic E-state index is -0.513. The maximum absolute atomic E-state index is 6.50. The van der Waals surface area contributed by atoms with Crippen molar-refractivity contribution in [2.75, 3.05) is 9.80 Å². The van der Waals surface area contributed by atoms with E-state index in [0.29, 0.717) is 0 Å². The van der Waals surface area contributed by atoms with E-state index in [9.17, 15) is 0 Å². The van der Waals surface area contributed by atoms with Crippen LogP contribution in [0.15, 0.2) is 247 Å². The average molecular weight is 859 g/mol. The van der Waals surface area contributed by atoms with Gasteiger partial charge in [-0.15, -0.1) is 0 Å². The van der Waals surface area contributed by atoms with Crippen molar-refractivity contribution in [2.24, 2.45) is 0 Å². The lowest BCUT2D eigenvalue weighted by Gasteiger charge is -2.35. The first-order chi connectivity index (χ1) is 33.0. The number of hydrogen-bond donors (Lipinski definition) is 0. The van der Waals surface area contributed by atoms with Crippen molar-refractivity contribution in [2.45, 2.75) is 24.7 Å². The van der Waals surface area contributed by atoms with Crippen LogP contribution in [0, 0.1) is 0 Å². The first-order valence-electron chi connectivity index (χ1n) is 23.3. The largest absolute Gasteiger partial charge is 0.456 e. The van der Waals surface area contributed by atoms with Crippen LogP contribution in [0.2, 0.25) is 0 Å². The van der Waals surface area contributed by atoms with Crippen molar-refractivity contribution < 1.29 is 4.42 Å². The fraction of sp³-hybridized carbons (Fsp3) is 0.0625. The average Bonchev–Trinajstić information content (AvgIpc) is 4.00. The van der Waals surface area contributed by atoms with Gasteiger partial charge in [0, 0.05) is 39.2 Å². The van der Waals surface area contributed by atoms with E-state index in [1.165, 1.54) is 55.6 Å². The Bertz CT molecular complexity index is 3630. The predicted molar refractivity (Wildman–Crippen MR) is 278 cm³/mol. The molecule has 10 aromatic carbocycles. The molecule has 0 bridgehead atoms. The van der Waals surface area contributed by atoms with Gasteiger partial charge in [-0.25, -0.2) is 0 Å². The van der Waals surface area contributed by atoms with Gasteiger partial charge in [0.2, 0.25) is 0 Å². The molecular formula is C64H46N2O. The zero-order chi connectivity index (χ0) is 44.7. The number of para-hydroxylation sites is 2. The molecule has 67 heavy (non-hydrogen) atoms. The monoisotopic (exact) mass is 858 g/mol. The SMILES string of the molecule is CC1(C)c2ccccc2-c2ccc(N(c3ccc(N(c4ccccc4)c4cccc(C5(c6ccccc6)c6ccccc6-c6ccccc65)c4)cc3)c3cccc4oc5ccccc5c34)cc21. The van der Waals surface area contributed by atoms with E-state index < -0.39 is 5.41 Å². The normalized spacial score (nSPS) is 13.8. The van der Waals surface area contributed by atoms with Crippen LogP contribution in [-0.2, 0) is 10.8 Å². The van der Waals surface area contributed by atoms with Gasteiger partial charge in [-0.05, 0) is 134 Å². The van der Waals surface area contributed by atoms with Crippen molar-refractivity contribution >= 4 is 56.1 Å². The zero-order valence-corrected chi connectivity index (χ0v) is 37.4. The number of rotatable bonds is 8. The predicted octanol–water partition coefficient (Wildman–Crippen LogP) is 17.2. The molecule has 0 amide bonds. The number of furan rings is 1. The lowest BCUT2D eigenvalue weighted by atomic mass is 9.67. The lowest BCUT2D eigenvalue weighted by molar-refractivity contribution is 0.660. The summed E-state index contributed by atoms with van der Waals surface area (Å²) in [6, 6.07) is 88.7. The molecule has 2 aliphatic rings. The zero-order valence-electron chi connectivity index (χ0n) is 37.4. The fourth-order valence-electron chi connectivity index (χ4n) is 11.6. The Kier molecular flexibility index (Phi) is 8.78. The Balaban J connectivity index is 0.983. The topological polar surface area (TPSA) is 19.6 Å². The van der Waals surface area contributed by atoms with E-state index in [1.54, 1.807) is 0 Å². The van der Waals surface area contributed by atoms with Crippen LogP contribution in [0.1, 0.15) is 47.2 Å². The van der Waals surface area contributed by atoms with Gasteiger partial charge in [-0.1, -0.05) is 178 Å². The standard InChI is InChI=1S/C64H46N2O/c1-63(2)55-29-13-9-25-50(55)53-40-39-49(42-58(53)63)66(59-32-18-34-61-62(59)54-28-12-16-33-60(54)67-61)47-37-35-46(36-38-47)65(45-22-7-4-8-23-45)48-24-17-21-44(41-48)64(43-19-5-3-6-20-43)56-30-14-10-26-51(56)52-27-11-15-31-57(52)64/h3-42H,1-2H3. The van der Waals surface area contributed by atoms with Crippen LogP contribution >= 0.6 is 0 Å².